The molecule has 3 heterocycles. The fourth-order valence-corrected chi connectivity index (χ4v) is 14.8. The molecule has 0 spiro atoms. The predicted octanol–water partition coefficient (Wildman–Crippen LogP) is 1.44. The molecule has 18 nitrogen and oxygen atoms in total. The normalized spacial score (nSPS) is 52.8. The molecule has 0 aromatic rings. The first kappa shape index (κ1) is 49.5. The summed E-state index contributed by atoms with van der Waals surface area (Å²) in [6, 6.07) is 0. The van der Waals surface area contributed by atoms with E-state index in [1.165, 1.54) is 5.57 Å². The molecule has 8 rings (SSSR count). The SMILES string of the molecule is CC1(C)CC[C@]2(C(=O)O)CC[C@]3(C)C(=CC[C@@H]4[C@@]5(C)CC[C@H](O[C@@H]6O[C@H](C(=O)O)[C@@H](O)[C@H](O)[C@H]6O[C@@H]6O[C@H](CO)[C@@H](O[C@@H]7OC[C@H](O)[C@H](O)[C@H]7O)[C@H](O)[C@H]6O)C(C)(C)[C@@H]5CC[C@]43C)[C@@H]2C1. The number of carboxylic acids is 2. The van der Waals surface area contributed by atoms with Crippen molar-refractivity contribution in [3.63, 3.8) is 0 Å². The first-order valence-electron chi connectivity index (χ1n) is 23.7. The van der Waals surface area contributed by atoms with Gasteiger partial charge in [-0.15, -0.1) is 0 Å². The summed E-state index contributed by atoms with van der Waals surface area (Å²) in [5.74, 6) is -1.84. The van der Waals surface area contributed by atoms with Crippen LogP contribution in [-0.4, -0.2) is 168 Å². The van der Waals surface area contributed by atoms with Crippen LogP contribution in [0.25, 0.3) is 0 Å². The van der Waals surface area contributed by atoms with Gasteiger partial charge in [0.15, 0.2) is 25.0 Å². The van der Waals surface area contributed by atoms with Crippen molar-refractivity contribution in [3.05, 3.63) is 11.6 Å². The summed E-state index contributed by atoms with van der Waals surface area (Å²) in [6.07, 6.45) is -14.6. The molecule has 0 unspecified atom stereocenters. The van der Waals surface area contributed by atoms with Crippen LogP contribution in [0.4, 0.5) is 0 Å². The summed E-state index contributed by atoms with van der Waals surface area (Å²) >= 11 is 0. The van der Waals surface area contributed by atoms with Gasteiger partial charge in [-0.05, 0) is 109 Å². The number of aliphatic carboxylic acids is 2. The molecule has 4 saturated carbocycles. The fourth-order valence-electron chi connectivity index (χ4n) is 14.8. The van der Waals surface area contributed by atoms with Gasteiger partial charge in [0.25, 0.3) is 0 Å². The van der Waals surface area contributed by atoms with E-state index in [9.17, 15) is 60.7 Å². The molecule has 3 aliphatic heterocycles. The van der Waals surface area contributed by atoms with Gasteiger partial charge in [0.2, 0.25) is 0 Å². The van der Waals surface area contributed by atoms with Crippen LogP contribution in [0.2, 0.25) is 0 Å². The maximum atomic E-state index is 13.1. The summed E-state index contributed by atoms with van der Waals surface area (Å²) in [5.41, 5.74) is -0.344. The van der Waals surface area contributed by atoms with Crippen molar-refractivity contribution in [2.45, 2.75) is 205 Å². The fraction of sp³-hybridized carbons (Fsp3) is 0.915. The molecule has 18 heteroatoms. The van der Waals surface area contributed by atoms with Crippen LogP contribution in [0.15, 0.2) is 11.6 Å². The largest absolute Gasteiger partial charge is 0.481 e. The third kappa shape index (κ3) is 7.76. The number of hydrogen-bond acceptors (Lipinski definition) is 16. The Morgan fingerprint density at radius 3 is 2.00 bits per heavy atom. The van der Waals surface area contributed by atoms with Crippen LogP contribution in [0.5, 0.6) is 0 Å². The van der Waals surface area contributed by atoms with E-state index in [0.29, 0.717) is 19.3 Å². The van der Waals surface area contributed by atoms with Crippen molar-refractivity contribution in [3.8, 4) is 0 Å². The molecular formula is C47H74O18. The van der Waals surface area contributed by atoms with E-state index in [1.807, 2.05) is 0 Å². The third-order valence-corrected chi connectivity index (χ3v) is 18.9. The Hall–Kier alpha value is -1.88. The van der Waals surface area contributed by atoms with Crippen LogP contribution >= 0.6 is 0 Å². The molecule has 10 N–H and O–H groups in total. The first-order chi connectivity index (χ1) is 30.3. The topological polar surface area (TPSA) is 292 Å². The molecule has 3 saturated heterocycles. The minimum Gasteiger partial charge on any atom is -0.481 e. The van der Waals surface area contributed by atoms with Gasteiger partial charge in [0.05, 0.1) is 24.7 Å². The van der Waals surface area contributed by atoms with Crippen molar-refractivity contribution in [2.75, 3.05) is 13.2 Å². The number of carbonyl (C=O) groups is 2. The lowest BCUT2D eigenvalue weighted by molar-refractivity contribution is -0.385. The van der Waals surface area contributed by atoms with Crippen LogP contribution < -0.4 is 0 Å². The Morgan fingerprint density at radius 1 is 0.692 bits per heavy atom. The molecule has 0 bridgehead atoms. The molecule has 22 atom stereocenters. The van der Waals surface area contributed by atoms with E-state index < -0.39 is 128 Å². The van der Waals surface area contributed by atoms with Gasteiger partial charge in [0, 0.05) is 0 Å². The van der Waals surface area contributed by atoms with Crippen molar-refractivity contribution >= 4 is 11.9 Å². The Balaban J connectivity index is 1.02. The van der Waals surface area contributed by atoms with E-state index in [2.05, 4.69) is 54.5 Å². The van der Waals surface area contributed by atoms with Crippen LogP contribution in [-0.2, 0) is 38.0 Å². The summed E-state index contributed by atoms with van der Waals surface area (Å²) in [4.78, 5) is 25.5. The van der Waals surface area contributed by atoms with E-state index >= 15 is 0 Å². The number of carboxylic acid groups (broad SMARTS) is 2. The Bertz CT molecular complexity index is 1820. The van der Waals surface area contributed by atoms with Crippen molar-refractivity contribution < 1.29 is 89.1 Å². The molecule has 7 fully saturated rings. The zero-order valence-corrected chi connectivity index (χ0v) is 38.7. The number of ether oxygens (including phenoxy) is 6. The van der Waals surface area contributed by atoms with E-state index in [-0.39, 0.29) is 39.4 Å². The Labute approximate surface area is 380 Å². The summed E-state index contributed by atoms with van der Waals surface area (Å²) < 4.78 is 35.5. The van der Waals surface area contributed by atoms with Crippen molar-refractivity contribution in [1.29, 1.82) is 0 Å². The van der Waals surface area contributed by atoms with E-state index in [0.717, 1.165) is 44.9 Å². The highest BCUT2D eigenvalue weighted by molar-refractivity contribution is 5.76. The van der Waals surface area contributed by atoms with Crippen molar-refractivity contribution in [2.24, 2.45) is 50.2 Å². The number of aliphatic hydroxyl groups is 8. The number of fused-ring (bicyclic) bond motifs is 7. The quantitative estimate of drug-likeness (QED) is 0.116. The predicted molar refractivity (Wildman–Crippen MR) is 225 cm³/mol. The van der Waals surface area contributed by atoms with Crippen LogP contribution in [0, 0.1) is 50.2 Å². The van der Waals surface area contributed by atoms with Gasteiger partial charge >= 0.3 is 11.9 Å². The number of hydrogen-bond donors (Lipinski definition) is 10. The van der Waals surface area contributed by atoms with Gasteiger partial charge < -0.3 is 79.5 Å². The number of rotatable bonds is 9. The summed E-state index contributed by atoms with van der Waals surface area (Å²) in [6.45, 7) is 14.8. The lowest BCUT2D eigenvalue weighted by Gasteiger charge is -2.71. The highest BCUT2D eigenvalue weighted by atomic mass is 16.8. The van der Waals surface area contributed by atoms with E-state index in [1.54, 1.807) is 0 Å². The second-order valence-electron chi connectivity index (χ2n) is 23.1. The van der Waals surface area contributed by atoms with Crippen LogP contribution in [0.1, 0.15) is 113 Å². The monoisotopic (exact) mass is 926 g/mol. The molecule has 0 amide bonds. The first-order valence-corrected chi connectivity index (χ1v) is 23.7. The highest BCUT2D eigenvalue weighted by Crippen LogP contribution is 2.76. The standard InChI is InChI=1S/C47H74O18/c1-42(2)14-16-47(41(58)59)17-15-45(6)21(22(47)18-42)8-9-26-44(5)12-11-27(43(3,4)25(44)10-13-46(26,45)7)62-40-36(30(52)29(51)35(64-40)37(56)57)65-39-33(55)31(53)34(24(19-48)61-39)63-38-32(54)28(50)23(49)20-60-38/h8,22-36,38-40,48-55H,9-20H2,1-7H3,(H,56,57)(H,58,59)/t22-,23-,24+,25-,26+,27-,28-,29-,30-,31+,32+,33+,34+,35-,36+,38-,39-,40+,44-,45+,46+,47-/m0/s1. The minimum absolute atomic E-state index is 0.00998. The van der Waals surface area contributed by atoms with Gasteiger partial charge in [-0.2, -0.15) is 0 Å². The minimum atomic E-state index is -2.01. The maximum absolute atomic E-state index is 13.1. The molecule has 0 aromatic carbocycles. The summed E-state index contributed by atoms with van der Waals surface area (Å²) in [5, 5.41) is 107. The number of allylic oxidation sites excluding steroid dienone is 2. The smallest absolute Gasteiger partial charge is 0.335 e. The molecule has 65 heavy (non-hydrogen) atoms. The number of aliphatic hydroxyl groups excluding tert-OH is 8. The van der Waals surface area contributed by atoms with Gasteiger partial charge in [-0.25, -0.2) is 4.79 Å². The summed E-state index contributed by atoms with van der Waals surface area (Å²) in [7, 11) is 0. The highest BCUT2D eigenvalue weighted by Gasteiger charge is 2.70. The van der Waals surface area contributed by atoms with Gasteiger partial charge in [-0.1, -0.05) is 60.1 Å². The van der Waals surface area contributed by atoms with Gasteiger partial charge in [0.1, 0.15) is 61.0 Å². The molecule has 0 aromatic heterocycles. The maximum Gasteiger partial charge on any atom is 0.335 e. The average Bonchev–Trinajstić information content (AvgIpc) is 3.23. The van der Waals surface area contributed by atoms with Crippen molar-refractivity contribution in [1.82, 2.24) is 0 Å². The average molecular weight is 927 g/mol. The van der Waals surface area contributed by atoms with Crippen LogP contribution in [0.3, 0.4) is 0 Å². The molecule has 370 valence electrons. The second kappa shape index (κ2) is 17.2. The Morgan fingerprint density at radius 2 is 1.34 bits per heavy atom. The lowest BCUT2D eigenvalue weighted by Crippen LogP contribution is -2.67. The van der Waals surface area contributed by atoms with E-state index in [4.69, 9.17) is 28.4 Å². The third-order valence-electron chi connectivity index (χ3n) is 18.9. The zero-order chi connectivity index (χ0) is 47.6. The molecule has 5 aliphatic carbocycles. The second-order valence-corrected chi connectivity index (χ2v) is 23.1. The zero-order valence-electron chi connectivity index (χ0n) is 38.7. The Kier molecular flexibility index (Phi) is 13.1. The van der Waals surface area contributed by atoms with Gasteiger partial charge in [-0.3, -0.25) is 4.79 Å². The molecule has 0 radical (unpaired) electrons. The lowest BCUT2D eigenvalue weighted by atomic mass is 9.33. The molecule has 8 aliphatic rings. The molecular weight excluding hydrogens is 852 g/mol.